The fourth-order valence-corrected chi connectivity index (χ4v) is 3.78. The number of hydrogen-bond acceptors (Lipinski definition) is 9. The molecule has 1 aliphatic heterocycles. The molecule has 0 bridgehead atoms. The number of nitro groups is 1. The molecule has 160 valence electrons. The molecule has 0 unspecified atom stereocenters. The second-order valence-corrected chi connectivity index (χ2v) is 7.20. The number of thioether (sulfide) groups is 1. The maximum Gasteiger partial charge on any atom is 0.344 e. The molecule has 0 spiro atoms. The highest BCUT2D eigenvalue weighted by molar-refractivity contribution is 8.18. The molecule has 0 fully saturated rings. The largest absolute Gasteiger partial charge is 0.506 e. The summed E-state index contributed by atoms with van der Waals surface area (Å²) in [4.78, 5) is 27.4. The SMILES string of the molecule is COC(=O)C1=C(O)C(=Cc2cc(OC)cc(OC)c2)SC1=Nc1cccc([N+](=O)[O-])c1. The van der Waals surface area contributed by atoms with Crippen molar-refractivity contribution in [3.63, 3.8) is 0 Å². The van der Waals surface area contributed by atoms with Gasteiger partial charge >= 0.3 is 5.97 Å². The van der Waals surface area contributed by atoms with Gasteiger partial charge in [0.25, 0.3) is 5.69 Å². The zero-order valence-electron chi connectivity index (χ0n) is 16.8. The molecule has 1 aliphatic rings. The van der Waals surface area contributed by atoms with E-state index in [4.69, 9.17) is 14.2 Å². The Bertz CT molecular complexity index is 1120. The van der Waals surface area contributed by atoms with Gasteiger partial charge in [0.15, 0.2) is 0 Å². The first kappa shape index (κ1) is 21.9. The average molecular weight is 442 g/mol. The lowest BCUT2D eigenvalue weighted by Crippen LogP contribution is -2.10. The Kier molecular flexibility index (Phi) is 6.61. The molecule has 31 heavy (non-hydrogen) atoms. The van der Waals surface area contributed by atoms with Gasteiger partial charge < -0.3 is 19.3 Å². The highest BCUT2D eigenvalue weighted by Crippen LogP contribution is 2.41. The van der Waals surface area contributed by atoms with Crippen LogP contribution in [0.5, 0.6) is 11.5 Å². The third-order valence-electron chi connectivity index (χ3n) is 4.22. The third kappa shape index (κ3) is 4.86. The molecule has 3 rings (SSSR count). The van der Waals surface area contributed by atoms with E-state index in [2.05, 4.69) is 4.99 Å². The third-order valence-corrected chi connectivity index (χ3v) is 5.24. The molecular formula is C21H18N2O7S. The molecule has 0 aromatic heterocycles. The summed E-state index contributed by atoms with van der Waals surface area (Å²) >= 11 is 1.04. The van der Waals surface area contributed by atoms with Crippen LogP contribution >= 0.6 is 11.8 Å². The normalized spacial score (nSPS) is 16.0. The Morgan fingerprint density at radius 2 is 1.81 bits per heavy atom. The van der Waals surface area contributed by atoms with E-state index >= 15 is 0 Å². The molecule has 2 aromatic rings. The summed E-state index contributed by atoms with van der Waals surface area (Å²) in [5.74, 6) is 0.0244. The van der Waals surface area contributed by atoms with Crippen LogP contribution in [-0.4, -0.2) is 42.4 Å². The number of carbonyl (C=O) groups is 1. The van der Waals surface area contributed by atoms with E-state index in [1.165, 1.54) is 39.5 Å². The fourth-order valence-electron chi connectivity index (χ4n) is 2.75. The summed E-state index contributed by atoms with van der Waals surface area (Å²) in [5, 5.41) is 21.9. The van der Waals surface area contributed by atoms with E-state index in [-0.39, 0.29) is 27.8 Å². The molecule has 0 atom stereocenters. The summed E-state index contributed by atoms with van der Waals surface area (Å²) in [6, 6.07) is 10.8. The number of ether oxygens (including phenoxy) is 3. The van der Waals surface area contributed by atoms with Crippen LogP contribution in [0.25, 0.3) is 6.08 Å². The zero-order valence-corrected chi connectivity index (χ0v) is 17.6. The van der Waals surface area contributed by atoms with Crippen LogP contribution in [0.1, 0.15) is 5.56 Å². The van der Waals surface area contributed by atoms with Crippen molar-refractivity contribution in [2.45, 2.75) is 0 Å². The number of aliphatic imine (C=N–C) groups is 1. The van der Waals surface area contributed by atoms with Gasteiger partial charge in [-0.2, -0.15) is 0 Å². The Morgan fingerprint density at radius 3 is 2.39 bits per heavy atom. The van der Waals surface area contributed by atoms with Gasteiger partial charge in [-0.15, -0.1) is 0 Å². The summed E-state index contributed by atoms with van der Waals surface area (Å²) in [6.07, 6.45) is 1.64. The number of benzene rings is 2. The molecule has 0 saturated carbocycles. The highest BCUT2D eigenvalue weighted by Gasteiger charge is 2.33. The second kappa shape index (κ2) is 9.35. The van der Waals surface area contributed by atoms with Crippen molar-refractivity contribution in [3.8, 4) is 11.5 Å². The molecule has 2 aromatic carbocycles. The molecular weight excluding hydrogens is 424 g/mol. The maximum atomic E-state index is 12.3. The predicted molar refractivity (Wildman–Crippen MR) is 117 cm³/mol. The first-order valence-electron chi connectivity index (χ1n) is 8.84. The molecule has 0 saturated heterocycles. The standard InChI is InChI=1S/C21H18N2O7S/c1-28-15-7-12(8-16(11-15)29-2)9-17-19(24)18(21(25)30-3)20(31-17)22-13-5-4-6-14(10-13)23(26)27/h4-11,24H,1-3H3. The smallest absolute Gasteiger partial charge is 0.344 e. The number of hydrogen-bond donors (Lipinski definition) is 1. The van der Waals surface area contributed by atoms with Gasteiger partial charge in [-0.3, -0.25) is 10.1 Å². The van der Waals surface area contributed by atoms with E-state index in [0.717, 1.165) is 11.8 Å². The van der Waals surface area contributed by atoms with Gasteiger partial charge in [0.05, 0.1) is 36.8 Å². The number of esters is 1. The van der Waals surface area contributed by atoms with Crippen molar-refractivity contribution in [3.05, 3.63) is 74.4 Å². The van der Waals surface area contributed by atoms with Crippen LogP contribution in [0.4, 0.5) is 11.4 Å². The number of carbonyl (C=O) groups excluding carboxylic acids is 1. The Hall–Kier alpha value is -3.79. The summed E-state index contributed by atoms with van der Waals surface area (Å²) in [7, 11) is 4.23. The topological polar surface area (TPSA) is 120 Å². The summed E-state index contributed by atoms with van der Waals surface area (Å²) in [6.45, 7) is 0. The van der Waals surface area contributed by atoms with E-state index in [1.54, 1.807) is 30.3 Å². The van der Waals surface area contributed by atoms with Gasteiger partial charge in [0, 0.05) is 18.2 Å². The fraction of sp³-hybridized carbons (Fsp3) is 0.143. The number of aliphatic hydroxyl groups excluding tert-OH is 1. The van der Waals surface area contributed by atoms with Gasteiger partial charge in [-0.25, -0.2) is 9.79 Å². The molecule has 0 radical (unpaired) electrons. The molecule has 10 heteroatoms. The Balaban J connectivity index is 2.07. The van der Waals surface area contributed by atoms with Gasteiger partial charge in [-0.05, 0) is 29.8 Å². The van der Waals surface area contributed by atoms with Gasteiger partial charge in [0.2, 0.25) is 0 Å². The lowest BCUT2D eigenvalue weighted by molar-refractivity contribution is -0.384. The Labute approximate surface area is 181 Å². The van der Waals surface area contributed by atoms with Crippen molar-refractivity contribution < 1.29 is 29.0 Å². The first-order valence-corrected chi connectivity index (χ1v) is 9.66. The number of nitro benzene ring substituents is 1. The quantitative estimate of drug-likeness (QED) is 0.397. The van der Waals surface area contributed by atoms with E-state index in [9.17, 15) is 20.0 Å². The lowest BCUT2D eigenvalue weighted by Gasteiger charge is -2.06. The predicted octanol–water partition coefficient (Wildman–Crippen LogP) is 4.42. The van der Waals surface area contributed by atoms with Gasteiger partial charge in [-0.1, -0.05) is 17.8 Å². The number of aliphatic hydroxyl groups is 1. The summed E-state index contributed by atoms with van der Waals surface area (Å²) in [5.41, 5.74) is 0.651. The van der Waals surface area contributed by atoms with Crippen molar-refractivity contribution in [1.82, 2.24) is 0 Å². The number of nitrogens with zero attached hydrogens (tertiary/aromatic N) is 2. The minimum atomic E-state index is -0.777. The van der Waals surface area contributed by atoms with Crippen LogP contribution in [0.3, 0.4) is 0 Å². The van der Waals surface area contributed by atoms with Crippen molar-refractivity contribution in [2.24, 2.45) is 4.99 Å². The molecule has 0 aliphatic carbocycles. The monoisotopic (exact) mass is 442 g/mol. The van der Waals surface area contributed by atoms with Crippen LogP contribution < -0.4 is 9.47 Å². The first-order chi connectivity index (χ1) is 14.9. The van der Waals surface area contributed by atoms with Crippen LogP contribution in [0, 0.1) is 10.1 Å². The second-order valence-electron chi connectivity index (χ2n) is 6.17. The average Bonchev–Trinajstić information content (AvgIpc) is 3.07. The molecule has 1 N–H and O–H groups in total. The van der Waals surface area contributed by atoms with Crippen molar-refractivity contribution in [1.29, 1.82) is 0 Å². The molecule has 1 heterocycles. The number of rotatable bonds is 6. The summed E-state index contributed by atoms with van der Waals surface area (Å²) < 4.78 is 15.3. The lowest BCUT2D eigenvalue weighted by atomic mass is 10.1. The van der Waals surface area contributed by atoms with Crippen molar-refractivity contribution in [2.75, 3.05) is 21.3 Å². The number of methoxy groups -OCH3 is 3. The molecule has 9 nitrogen and oxygen atoms in total. The zero-order chi connectivity index (χ0) is 22.5. The van der Waals surface area contributed by atoms with Gasteiger partial charge in [0.1, 0.15) is 27.9 Å². The Morgan fingerprint density at radius 1 is 1.13 bits per heavy atom. The van der Waals surface area contributed by atoms with Crippen LogP contribution in [0.15, 0.2) is 63.7 Å². The van der Waals surface area contributed by atoms with E-state index < -0.39 is 10.9 Å². The molecule has 0 amide bonds. The van der Waals surface area contributed by atoms with Crippen LogP contribution in [0.2, 0.25) is 0 Å². The minimum absolute atomic E-state index is 0.125. The minimum Gasteiger partial charge on any atom is -0.506 e. The number of non-ortho nitro benzene ring substituents is 1. The van der Waals surface area contributed by atoms with E-state index in [0.29, 0.717) is 22.0 Å². The van der Waals surface area contributed by atoms with E-state index in [1.807, 2.05) is 0 Å². The van der Waals surface area contributed by atoms with Crippen molar-refractivity contribution >= 4 is 40.2 Å². The van der Waals surface area contributed by atoms with Crippen LogP contribution in [-0.2, 0) is 9.53 Å². The maximum absolute atomic E-state index is 12.3. The highest BCUT2D eigenvalue weighted by atomic mass is 32.2.